The minimum Gasteiger partial charge on any atom is -0.367 e. The minimum absolute atomic E-state index is 0.0437. The van der Waals surface area contributed by atoms with Crippen LogP contribution in [0.15, 0.2) is 41.1 Å². The van der Waals surface area contributed by atoms with Gasteiger partial charge >= 0.3 is 0 Å². The van der Waals surface area contributed by atoms with Crippen molar-refractivity contribution in [1.82, 2.24) is 4.90 Å². The van der Waals surface area contributed by atoms with Crippen LogP contribution in [0, 0.1) is 0 Å². The molecule has 1 aromatic heterocycles. The normalized spacial score (nSPS) is 16.0. The summed E-state index contributed by atoms with van der Waals surface area (Å²) < 4.78 is 0. The summed E-state index contributed by atoms with van der Waals surface area (Å²) in [6.45, 7) is 4.07. The van der Waals surface area contributed by atoms with Gasteiger partial charge in [-0.3, -0.25) is 4.79 Å². The second-order valence-electron chi connectivity index (χ2n) is 5.27. The predicted molar refractivity (Wildman–Crippen MR) is 88.4 cm³/mol. The van der Waals surface area contributed by atoms with E-state index in [-0.39, 0.29) is 5.91 Å². The molecule has 1 aliphatic rings. The highest BCUT2D eigenvalue weighted by atomic mass is 32.1. The summed E-state index contributed by atoms with van der Waals surface area (Å²) in [5.74, 6) is -0.0437. The number of amides is 1. The van der Waals surface area contributed by atoms with Crippen LogP contribution in [0.4, 0.5) is 11.4 Å². The Hall–Kier alpha value is -1.85. The number of likely N-dealkylation sites (N-methyl/N-ethyl adjacent to an activating group) is 1. The number of para-hydroxylation sites is 2. The number of piperazine rings is 1. The number of anilines is 2. The Kier molecular flexibility index (Phi) is 4.22. The van der Waals surface area contributed by atoms with Gasteiger partial charge < -0.3 is 15.1 Å². The monoisotopic (exact) mass is 301 g/mol. The lowest BCUT2D eigenvalue weighted by molar-refractivity contribution is 0.102. The molecule has 3 rings (SSSR count). The van der Waals surface area contributed by atoms with Crippen molar-refractivity contribution in [2.45, 2.75) is 0 Å². The van der Waals surface area contributed by atoms with E-state index in [1.165, 1.54) is 11.3 Å². The van der Waals surface area contributed by atoms with Crippen LogP contribution in [0.5, 0.6) is 0 Å². The molecule has 21 heavy (non-hydrogen) atoms. The van der Waals surface area contributed by atoms with E-state index in [9.17, 15) is 4.79 Å². The van der Waals surface area contributed by atoms with E-state index in [1.54, 1.807) is 0 Å². The van der Waals surface area contributed by atoms with Crippen molar-refractivity contribution in [2.24, 2.45) is 0 Å². The molecule has 0 radical (unpaired) electrons. The van der Waals surface area contributed by atoms with Gasteiger partial charge in [0, 0.05) is 31.6 Å². The van der Waals surface area contributed by atoms with Gasteiger partial charge in [0.25, 0.3) is 5.91 Å². The molecule has 1 amide bonds. The van der Waals surface area contributed by atoms with Gasteiger partial charge in [-0.15, -0.1) is 0 Å². The number of thiophene rings is 1. The number of hydrogen-bond donors (Lipinski definition) is 1. The Morgan fingerprint density at radius 3 is 2.62 bits per heavy atom. The van der Waals surface area contributed by atoms with Crippen LogP contribution in [-0.2, 0) is 0 Å². The lowest BCUT2D eigenvalue weighted by Crippen LogP contribution is -2.44. The quantitative estimate of drug-likeness (QED) is 0.947. The molecule has 1 aromatic carbocycles. The predicted octanol–water partition coefficient (Wildman–Crippen LogP) is 2.75. The molecule has 2 aromatic rings. The first-order valence-electron chi connectivity index (χ1n) is 7.10. The lowest BCUT2D eigenvalue weighted by atomic mass is 10.2. The summed E-state index contributed by atoms with van der Waals surface area (Å²) in [4.78, 5) is 16.9. The van der Waals surface area contributed by atoms with Crippen LogP contribution in [0.1, 0.15) is 10.4 Å². The van der Waals surface area contributed by atoms with Crippen molar-refractivity contribution in [3.05, 3.63) is 46.7 Å². The van der Waals surface area contributed by atoms with E-state index in [1.807, 2.05) is 35.0 Å². The number of nitrogens with one attached hydrogen (secondary N) is 1. The molecule has 1 fully saturated rings. The van der Waals surface area contributed by atoms with Gasteiger partial charge in [0.15, 0.2) is 0 Å². The first-order chi connectivity index (χ1) is 10.2. The highest BCUT2D eigenvalue weighted by Crippen LogP contribution is 2.27. The summed E-state index contributed by atoms with van der Waals surface area (Å²) in [6, 6.07) is 9.88. The van der Waals surface area contributed by atoms with Crippen molar-refractivity contribution in [3.63, 3.8) is 0 Å². The van der Waals surface area contributed by atoms with Crippen molar-refractivity contribution >= 4 is 28.6 Å². The fourth-order valence-corrected chi connectivity index (χ4v) is 3.13. The third kappa shape index (κ3) is 3.25. The minimum atomic E-state index is -0.0437. The average molecular weight is 301 g/mol. The molecule has 0 unspecified atom stereocenters. The zero-order valence-electron chi connectivity index (χ0n) is 12.1. The van der Waals surface area contributed by atoms with Gasteiger partial charge in [0.05, 0.1) is 16.9 Å². The molecule has 1 N–H and O–H groups in total. The van der Waals surface area contributed by atoms with Crippen molar-refractivity contribution in [3.8, 4) is 0 Å². The molecule has 0 atom stereocenters. The standard InChI is InChI=1S/C16H19N3OS/c1-18-7-9-19(10-8-18)15-5-3-2-4-14(15)17-16(20)13-6-11-21-12-13/h2-6,11-12H,7-10H2,1H3,(H,17,20). The summed E-state index contributed by atoms with van der Waals surface area (Å²) in [7, 11) is 2.14. The number of rotatable bonds is 3. The smallest absolute Gasteiger partial charge is 0.256 e. The van der Waals surface area contributed by atoms with Crippen LogP contribution in [0.3, 0.4) is 0 Å². The number of hydrogen-bond acceptors (Lipinski definition) is 4. The van der Waals surface area contributed by atoms with Gasteiger partial charge in [-0.2, -0.15) is 11.3 Å². The Morgan fingerprint density at radius 2 is 1.90 bits per heavy atom. The van der Waals surface area contributed by atoms with Crippen LogP contribution in [0.25, 0.3) is 0 Å². The molecule has 0 spiro atoms. The number of nitrogens with zero attached hydrogens (tertiary/aromatic N) is 2. The van der Waals surface area contributed by atoms with Crippen molar-refractivity contribution < 1.29 is 4.79 Å². The first kappa shape index (κ1) is 14.1. The molecular weight excluding hydrogens is 282 g/mol. The second-order valence-corrected chi connectivity index (χ2v) is 6.05. The number of benzene rings is 1. The average Bonchev–Trinajstić information content (AvgIpc) is 3.03. The Morgan fingerprint density at radius 1 is 1.14 bits per heavy atom. The molecule has 0 saturated carbocycles. The zero-order chi connectivity index (χ0) is 14.7. The zero-order valence-corrected chi connectivity index (χ0v) is 12.9. The van der Waals surface area contributed by atoms with Crippen LogP contribution >= 0.6 is 11.3 Å². The molecule has 1 saturated heterocycles. The molecular formula is C16H19N3OS. The van der Waals surface area contributed by atoms with E-state index in [2.05, 4.69) is 28.2 Å². The van der Waals surface area contributed by atoms with E-state index < -0.39 is 0 Å². The molecule has 110 valence electrons. The van der Waals surface area contributed by atoms with Crippen LogP contribution < -0.4 is 10.2 Å². The summed E-state index contributed by atoms with van der Waals surface area (Å²) >= 11 is 1.53. The van der Waals surface area contributed by atoms with Gasteiger partial charge in [-0.1, -0.05) is 12.1 Å². The fourth-order valence-electron chi connectivity index (χ4n) is 2.49. The van der Waals surface area contributed by atoms with Crippen LogP contribution in [-0.4, -0.2) is 44.0 Å². The SMILES string of the molecule is CN1CCN(c2ccccc2NC(=O)c2ccsc2)CC1. The molecule has 0 aliphatic carbocycles. The van der Waals surface area contributed by atoms with E-state index in [0.29, 0.717) is 5.56 Å². The summed E-state index contributed by atoms with van der Waals surface area (Å²) in [6.07, 6.45) is 0. The van der Waals surface area contributed by atoms with Gasteiger partial charge in [0.2, 0.25) is 0 Å². The Bertz CT molecular complexity index is 604. The highest BCUT2D eigenvalue weighted by molar-refractivity contribution is 7.08. The Balaban J connectivity index is 1.78. The summed E-state index contributed by atoms with van der Waals surface area (Å²) in [5, 5.41) is 6.82. The molecule has 0 bridgehead atoms. The van der Waals surface area contributed by atoms with Crippen molar-refractivity contribution in [2.75, 3.05) is 43.4 Å². The maximum Gasteiger partial charge on any atom is 0.256 e. The van der Waals surface area contributed by atoms with E-state index in [0.717, 1.165) is 37.6 Å². The van der Waals surface area contributed by atoms with Crippen molar-refractivity contribution in [1.29, 1.82) is 0 Å². The number of carbonyl (C=O) groups excluding carboxylic acids is 1. The highest BCUT2D eigenvalue weighted by Gasteiger charge is 2.18. The Labute approximate surface area is 129 Å². The second kappa shape index (κ2) is 6.28. The van der Waals surface area contributed by atoms with Gasteiger partial charge in [-0.25, -0.2) is 0 Å². The largest absolute Gasteiger partial charge is 0.367 e. The lowest BCUT2D eigenvalue weighted by Gasteiger charge is -2.35. The van der Waals surface area contributed by atoms with Crippen LogP contribution in [0.2, 0.25) is 0 Å². The third-order valence-electron chi connectivity index (χ3n) is 3.78. The molecule has 1 aliphatic heterocycles. The van der Waals surface area contributed by atoms with Gasteiger partial charge in [-0.05, 0) is 30.6 Å². The molecule has 2 heterocycles. The maximum absolute atomic E-state index is 12.2. The third-order valence-corrected chi connectivity index (χ3v) is 4.46. The maximum atomic E-state index is 12.2. The fraction of sp³-hybridized carbons (Fsp3) is 0.312. The van der Waals surface area contributed by atoms with E-state index >= 15 is 0 Å². The first-order valence-corrected chi connectivity index (χ1v) is 8.04. The summed E-state index contributed by atoms with van der Waals surface area (Å²) in [5.41, 5.74) is 2.71. The molecule has 4 nitrogen and oxygen atoms in total. The topological polar surface area (TPSA) is 35.6 Å². The molecule has 5 heteroatoms. The van der Waals surface area contributed by atoms with Gasteiger partial charge in [0.1, 0.15) is 0 Å². The number of carbonyl (C=O) groups is 1. The van der Waals surface area contributed by atoms with E-state index in [4.69, 9.17) is 0 Å².